The average Bonchev–Trinajstić information content (AvgIpc) is 3.47. The molecule has 0 atom stereocenters. The van der Waals surface area contributed by atoms with Gasteiger partial charge < -0.3 is 9.40 Å². The van der Waals surface area contributed by atoms with Crippen molar-refractivity contribution in [1.29, 1.82) is 0 Å². The summed E-state index contributed by atoms with van der Waals surface area (Å²) < 4.78 is 7.08. The molecule has 3 aromatic carbocycles. The Kier molecular flexibility index (Phi) is 4.59. The summed E-state index contributed by atoms with van der Waals surface area (Å²) in [7, 11) is 0. The molecule has 7 heteroatoms. The number of fused-ring (bicyclic) bond motifs is 2. The van der Waals surface area contributed by atoms with Crippen LogP contribution >= 0.6 is 11.6 Å². The van der Waals surface area contributed by atoms with Gasteiger partial charge in [-0.05, 0) is 35.9 Å². The van der Waals surface area contributed by atoms with Gasteiger partial charge in [-0.3, -0.25) is 0 Å². The lowest BCUT2D eigenvalue weighted by Crippen LogP contribution is -2.00. The maximum absolute atomic E-state index is 11.8. The lowest BCUT2D eigenvalue weighted by Gasteiger charge is -2.03. The number of nitrogens with one attached hydrogen (secondary N) is 1. The highest BCUT2D eigenvalue weighted by atomic mass is 35.5. The number of H-pyrrole nitrogens is 1. The van der Waals surface area contributed by atoms with Gasteiger partial charge >= 0.3 is 5.63 Å². The smallest absolute Gasteiger partial charge is 0.336 e. The molecule has 0 fully saturated rings. The molecule has 0 saturated carbocycles. The Hall–Kier alpha value is -4.16. The third-order valence-corrected chi connectivity index (χ3v) is 5.91. The van der Waals surface area contributed by atoms with Crippen molar-refractivity contribution in [2.75, 3.05) is 0 Å². The molecule has 6 aromatic rings. The van der Waals surface area contributed by atoms with E-state index in [4.69, 9.17) is 16.0 Å². The lowest BCUT2D eigenvalue weighted by atomic mass is 10.1. The number of hydrogen-bond donors (Lipinski definition) is 1. The van der Waals surface area contributed by atoms with Gasteiger partial charge in [0.2, 0.25) is 0 Å². The molecule has 3 heterocycles. The zero-order chi connectivity index (χ0) is 22.4. The molecule has 0 spiro atoms. The SMILES string of the molecule is O=c1ccc2cccc(-n3cc(-c4cccc5cc(Cc6ccc(Cl)cc6)[nH]c45)nn3)c2o1. The largest absolute Gasteiger partial charge is 0.420 e. The maximum Gasteiger partial charge on any atom is 0.336 e. The molecule has 0 saturated heterocycles. The zero-order valence-electron chi connectivity index (χ0n) is 17.3. The Morgan fingerprint density at radius 1 is 0.939 bits per heavy atom. The quantitative estimate of drug-likeness (QED) is 0.345. The molecule has 3 aromatic heterocycles. The molecule has 0 amide bonds. The first-order valence-electron chi connectivity index (χ1n) is 10.4. The molecule has 6 rings (SSSR count). The molecule has 0 aliphatic carbocycles. The second kappa shape index (κ2) is 7.76. The Morgan fingerprint density at radius 3 is 2.64 bits per heavy atom. The number of nitrogens with zero attached hydrogens (tertiary/aromatic N) is 3. The van der Waals surface area contributed by atoms with Crippen LogP contribution in [0.25, 0.3) is 38.8 Å². The second-order valence-electron chi connectivity index (χ2n) is 7.87. The van der Waals surface area contributed by atoms with Gasteiger partial charge in [-0.2, -0.15) is 0 Å². The van der Waals surface area contributed by atoms with E-state index in [1.165, 1.54) is 11.6 Å². The van der Waals surface area contributed by atoms with Crippen molar-refractivity contribution in [3.63, 3.8) is 0 Å². The Morgan fingerprint density at radius 2 is 1.76 bits per heavy atom. The van der Waals surface area contributed by atoms with E-state index in [0.717, 1.165) is 44.7 Å². The minimum Gasteiger partial charge on any atom is -0.420 e. The summed E-state index contributed by atoms with van der Waals surface area (Å²) in [6.45, 7) is 0. The van der Waals surface area contributed by atoms with Crippen LogP contribution in [-0.4, -0.2) is 20.0 Å². The molecular formula is C26H17ClN4O2. The van der Waals surface area contributed by atoms with Crippen molar-refractivity contribution in [2.45, 2.75) is 6.42 Å². The van der Waals surface area contributed by atoms with Gasteiger partial charge in [0.15, 0.2) is 5.58 Å². The van der Waals surface area contributed by atoms with Crippen molar-refractivity contribution in [2.24, 2.45) is 0 Å². The topological polar surface area (TPSA) is 76.7 Å². The predicted octanol–water partition coefficient (Wildman–Crippen LogP) is 5.77. The standard InChI is InChI=1S/C26H17ClN4O2/c27-19-10-7-16(8-11-19)13-20-14-18-4-1-5-21(25(18)28-20)22-15-31(30-29-22)23-6-2-3-17-9-12-24(32)33-26(17)23/h1-12,14-15,28H,13H2. The number of hydrogen-bond acceptors (Lipinski definition) is 4. The first kappa shape index (κ1) is 19.5. The lowest BCUT2D eigenvalue weighted by molar-refractivity contribution is 0.557. The number of aromatic amines is 1. The van der Waals surface area contributed by atoms with Crippen LogP contribution in [0.2, 0.25) is 5.02 Å². The molecule has 0 aliphatic heterocycles. The van der Waals surface area contributed by atoms with Gasteiger partial charge in [-0.15, -0.1) is 5.10 Å². The summed E-state index contributed by atoms with van der Waals surface area (Å²) >= 11 is 6.01. The van der Waals surface area contributed by atoms with Crippen LogP contribution < -0.4 is 5.63 Å². The van der Waals surface area contributed by atoms with E-state index >= 15 is 0 Å². The van der Waals surface area contributed by atoms with Gasteiger partial charge in [0, 0.05) is 39.5 Å². The van der Waals surface area contributed by atoms with Crippen LogP contribution in [0.1, 0.15) is 11.3 Å². The fraction of sp³-hybridized carbons (Fsp3) is 0.0385. The van der Waals surface area contributed by atoms with Crippen molar-refractivity contribution in [1.82, 2.24) is 20.0 Å². The van der Waals surface area contributed by atoms with E-state index in [-0.39, 0.29) is 0 Å². The third-order valence-electron chi connectivity index (χ3n) is 5.66. The van der Waals surface area contributed by atoms with Gasteiger partial charge in [-0.1, -0.05) is 59.3 Å². The molecular weight excluding hydrogens is 436 g/mol. The Balaban J connectivity index is 1.40. The number of aromatic nitrogens is 4. The number of rotatable bonds is 4. The fourth-order valence-corrected chi connectivity index (χ4v) is 4.23. The third kappa shape index (κ3) is 3.60. The first-order chi connectivity index (χ1) is 16.1. The first-order valence-corrected chi connectivity index (χ1v) is 10.8. The van der Waals surface area contributed by atoms with E-state index < -0.39 is 5.63 Å². The molecule has 0 radical (unpaired) electrons. The van der Waals surface area contributed by atoms with E-state index in [1.54, 1.807) is 10.7 Å². The van der Waals surface area contributed by atoms with Crippen molar-refractivity contribution in [3.8, 4) is 16.9 Å². The summed E-state index contributed by atoms with van der Waals surface area (Å²) in [6.07, 6.45) is 2.61. The average molecular weight is 453 g/mol. The summed E-state index contributed by atoms with van der Waals surface area (Å²) in [5.74, 6) is 0. The number of halogens is 1. The van der Waals surface area contributed by atoms with Crippen molar-refractivity contribution < 1.29 is 4.42 Å². The summed E-state index contributed by atoms with van der Waals surface area (Å²) in [5.41, 5.74) is 5.67. The Bertz CT molecular complexity index is 1680. The van der Waals surface area contributed by atoms with E-state index in [1.807, 2.05) is 60.8 Å². The highest BCUT2D eigenvalue weighted by molar-refractivity contribution is 6.30. The van der Waals surface area contributed by atoms with Gasteiger partial charge in [0.25, 0.3) is 0 Å². The molecule has 33 heavy (non-hydrogen) atoms. The van der Waals surface area contributed by atoms with Crippen LogP contribution in [0.5, 0.6) is 0 Å². The second-order valence-corrected chi connectivity index (χ2v) is 8.30. The minimum absolute atomic E-state index is 0.403. The highest BCUT2D eigenvalue weighted by Crippen LogP contribution is 2.29. The van der Waals surface area contributed by atoms with Gasteiger partial charge in [0.1, 0.15) is 11.4 Å². The van der Waals surface area contributed by atoms with Crippen molar-refractivity contribution in [3.05, 3.63) is 112 Å². The summed E-state index contributed by atoms with van der Waals surface area (Å²) in [4.78, 5) is 15.3. The summed E-state index contributed by atoms with van der Waals surface area (Å²) in [6, 6.07) is 24.9. The molecule has 1 N–H and O–H groups in total. The molecule has 0 aliphatic rings. The van der Waals surface area contributed by atoms with Crippen LogP contribution in [0.15, 0.2) is 94.3 Å². The maximum atomic E-state index is 11.8. The molecule has 160 valence electrons. The van der Waals surface area contributed by atoms with E-state index in [9.17, 15) is 4.79 Å². The normalized spacial score (nSPS) is 11.4. The van der Waals surface area contributed by atoms with Crippen LogP contribution in [0.4, 0.5) is 0 Å². The van der Waals surface area contributed by atoms with Crippen LogP contribution in [-0.2, 0) is 6.42 Å². The molecule has 0 unspecified atom stereocenters. The van der Waals surface area contributed by atoms with E-state index in [2.05, 4.69) is 27.4 Å². The number of benzene rings is 3. The summed E-state index contributed by atoms with van der Waals surface area (Å²) in [5, 5.41) is 11.4. The van der Waals surface area contributed by atoms with Gasteiger partial charge in [0.05, 0.1) is 11.7 Å². The molecule has 0 bridgehead atoms. The Labute approximate surface area is 193 Å². The van der Waals surface area contributed by atoms with Crippen LogP contribution in [0, 0.1) is 0 Å². The number of para-hydroxylation sites is 2. The predicted molar refractivity (Wildman–Crippen MR) is 129 cm³/mol. The van der Waals surface area contributed by atoms with Gasteiger partial charge in [-0.25, -0.2) is 9.48 Å². The minimum atomic E-state index is -0.403. The monoisotopic (exact) mass is 452 g/mol. The van der Waals surface area contributed by atoms with Crippen molar-refractivity contribution >= 4 is 33.5 Å². The fourth-order valence-electron chi connectivity index (χ4n) is 4.11. The molecule has 6 nitrogen and oxygen atoms in total. The highest BCUT2D eigenvalue weighted by Gasteiger charge is 2.14. The van der Waals surface area contributed by atoms with Crippen LogP contribution in [0.3, 0.4) is 0 Å². The zero-order valence-corrected chi connectivity index (χ0v) is 18.1. The van der Waals surface area contributed by atoms with E-state index in [0.29, 0.717) is 11.3 Å².